The van der Waals surface area contributed by atoms with E-state index in [1.54, 1.807) is 0 Å². The number of nitro benzene ring substituents is 2. The van der Waals surface area contributed by atoms with Crippen molar-refractivity contribution in [2.24, 2.45) is 0 Å². The number of aryl methyl sites for hydroxylation is 1. The monoisotopic (exact) mass is 375 g/mol. The van der Waals surface area contributed by atoms with Gasteiger partial charge in [0.25, 0.3) is 11.4 Å². The summed E-state index contributed by atoms with van der Waals surface area (Å²) in [6, 6.07) is 4.59. The summed E-state index contributed by atoms with van der Waals surface area (Å²) < 4.78 is 38.4. The van der Waals surface area contributed by atoms with Crippen LogP contribution < -0.4 is 5.32 Å². The molecule has 2 aromatic rings. The standard InChI is InChI=1S/C14H9ClF3N3O4/c1-7-4-9(20(22)23)2-3-11(7)19-13-10(15)5-8(14(16,17)18)6-12(13)21(24)25/h2-6,19H,1H3. The maximum Gasteiger partial charge on any atom is 0.416 e. The molecule has 132 valence electrons. The van der Waals surface area contributed by atoms with Crippen molar-refractivity contribution in [3.05, 3.63) is 66.7 Å². The van der Waals surface area contributed by atoms with E-state index in [1.807, 2.05) is 0 Å². The molecule has 0 aliphatic heterocycles. The summed E-state index contributed by atoms with van der Waals surface area (Å²) in [5.41, 5.74) is -2.06. The summed E-state index contributed by atoms with van der Waals surface area (Å²) in [5.74, 6) is 0. The van der Waals surface area contributed by atoms with E-state index in [0.29, 0.717) is 17.7 Å². The van der Waals surface area contributed by atoms with E-state index < -0.39 is 32.3 Å². The molecule has 2 rings (SSSR count). The summed E-state index contributed by atoms with van der Waals surface area (Å²) in [6.07, 6.45) is -4.80. The molecular formula is C14H9ClF3N3O4. The number of nitrogens with zero attached hydrogens (tertiary/aromatic N) is 2. The van der Waals surface area contributed by atoms with E-state index in [1.165, 1.54) is 19.1 Å². The number of nitro groups is 2. The second-order valence-corrected chi connectivity index (χ2v) is 5.40. The SMILES string of the molecule is Cc1cc([N+](=O)[O-])ccc1Nc1c(Cl)cc(C(F)(F)F)cc1[N+](=O)[O-]. The Kier molecular flexibility index (Phi) is 4.84. The van der Waals surface area contributed by atoms with Crippen LogP contribution in [0.25, 0.3) is 0 Å². The van der Waals surface area contributed by atoms with Gasteiger partial charge >= 0.3 is 6.18 Å². The Morgan fingerprint density at radius 2 is 1.72 bits per heavy atom. The zero-order chi connectivity index (χ0) is 18.9. The average molecular weight is 376 g/mol. The number of alkyl halides is 3. The molecule has 0 heterocycles. The number of nitrogens with one attached hydrogen (secondary N) is 1. The Morgan fingerprint density at radius 3 is 2.20 bits per heavy atom. The molecular weight excluding hydrogens is 367 g/mol. The highest BCUT2D eigenvalue weighted by Crippen LogP contribution is 2.41. The zero-order valence-corrected chi connectivity index (χ0v) is 13.2. The minimum Gasteiger partial charge on any atom is -0.348 e. The van der Waals surface area contributed by atoms with Gasteiger partial charge in [-0.25, -0.2) is 0 Å². The molecule has 0 amide bonds. The van der Waals surface area contributed by atoms with Gasteiger partial charge in [-0.1, -0.05) is 11.6 Å². The van der Waals surface area contributed by atoms with Crippen molar-refractivity contribution < 1.29 is 23.0 Å². The normalized spacial score (nSPS) is 11.2. The molecule has 0 aromatic heterocycles. The fourth-order valence-electron chi connectivity index (χ4n) is 2.06. The van der Waals surface area contributed by atoms with Crippen LogP contribution in [0.15, 0.2) is 30.3 Å². The predicted molar refractivity (Wildman–Crippen MR) is 84.2 cm³/mol. The first-order chi connectivity index (χ1) is 11.5. The van der Waals surface area contributed by atoms with E-state index in [9.17, 15) is 33.4 Å². The van der Waals surface area contributed by atoms with Crippen molar-refractivity contribution in [2.45, 2.75) is 13.1 Å². The van der Waals surface area contributed by atoms with Gasteiger partial charge in [-0.05, 0) is 24.6 Å². The van der Waals surface area contributed by atoms with Gasteiger partial charge in [-0.15, -0.1) is 0 Å². The molecule has 0 saturated heterocycles. The molecule has 0 bridgehead atoms. The van der Waals surface area contributed by atoms with Crippen LogP contribution in [0.1, 0.15) is 11.1 Å². The lowest BCUT2D eigenvalue weighted by atomic mass is 10.1. The van der Waals surface area contributed by atoms with Crippen LogP contribution in [0.3, 0.4) is 0 Å². The Bertz CT molecular complexity index is 871. The quantitative estimate of drug-likeness (QED) is 0.583. The Hall–Kier alpha value is -2.88. The molecule has 1 N–H and O–H groups in total. The van der Waals surface area contributed by atoms with E-state index in [4.69, 9.17) is 11.6 Å². The lowest BCUT2D eigenvalue weighted by molar-refractivity contribution is -0.384. The number of anilines is 2. The number of benzene rings is 2. The van der Waals surface area contributed by atoms with Crippen molar-refractivity contribution in [1.29, 1.82) is 0 Å². The van der Waals surface area contributed by atoms with Crippen LogP contribution in [0, 0.1) is 27.2 Å². The van der Waals surface area contributed by atoms with Gasteiger partial charge in [0.15, 0.2) is 0 Å². The maximum atomic E-state index is 12.8. The third kappa shape index (κ3) is 3.97. The molecule has 25 heavy (non-hydrogen) atoms. The Balaban J connectivity index is 2.53. The fraction of sp³-hybridized carbons (Fsp3) is 0.143. The van der Waals surface area contributed by atoms with Crippen LogP contribution in [-0.4, -0.2) is 9.85 Å². The molecule has 0 atom stereocenters. The fourth-order valence-corrected chi connectivity index (χ4v) is 2.32. The molecule has 0 unspecified atom stereocenters. The van der Waals surface area contributed by atoms with Gasteiger partial charge < -0.3 is 5.32 Å². The van der Waals surface area contributed by atoms with Gasteiger partial charge in [0.2, 0.25) is 0 Å². The Labute approximate surface area is 143 Å². The highest BCUT2D eigenvalue weighted by molar-refractivity contribution is 6.34. The number of hydrogen-bond acceptors (Lipinski definition) is 5. The molecule has 7 nitrogen and oxygen atoms in total. The molecule has 2 aromatic carbocycles. The number of halogens is 4. The topological polar surface area (TPSA) is 98.3 Å². The molecule has 0 saturated carbocycles. The highest BCUT2D eigenvalue weighted by atomic mass is 35.5. The molecule has 0 spiro atoms. The minimum atomic E-state index is -4.80. The summed E-state index contributed by atoms with van der Waals surface area (Å²) in [6.45, 7) is 1.50. The van der Waals surface area contributed by atoms with E-state index in [2.05, 4.69) is 5.32 Å². The Morgan fingerprint density at radius 1 is 1.08 bits per heavy atom. The maximum absolute atomic E-state index is 12.8. The van der Waals surface area contributed by atoms with Crippen LogP contribution in [-0.2, 0) is 6.18 Å². The van der Waals surface area contributed by atoms with Gasteiger partial charge in [0, 0.05) is 23.9 Å². The number of rotatable bonds is 4. The van der Waals surface area contributed by atoms with Crippen LogP contribution in [0.4, 0.5) is 35.9 Å². The van der Waals surface area contributed by atoms with Crippen molar-refractivity contribution in [1.82, 2.24) is 0 Å². The third-order valence-corrected chi connectivity index (χ3v) is 3.57. The van der Waals surface area contributed by atoms with Gasteiger partial charge in [-0.3, -0.25) is 20.2 Å². The smallest absolute Gasteiger partial charge is 0.348 e. The first kappa shape index (κ1) is 18.5. The van der Waals surface area contributed by atoms with Crippen LogP contribution in [0.2, 0.25) is 5.02 Å². The zero-order valence-electron chi connectivity index (χ0n) is 12.4. The van der Waals surface area contributed by atoms with Gasteiger partial charge in [-0.2, -0.15) is 13.2 Å². The molecule has 0 aliphatic rings. The summed E-state index contributed by atoms with van der Waals surface area (Å²) in [7, 11) is 0. The summed E-state index contributed by atoms with van der Waals surface area (Å²) >= 11 is 5.79. The van der Waals surface area contributed by atoms with Crippen molar-refractivity contribution >= 4 is 34.4 Å². The highest BCUT2D eigenvalue weighted by Gasteiger charge is 2.34. The first-order valence-electron chi connectivity index (χ1n) is 6.58. The van der Waals surface area contributed by atoms with Gasteiger partial charge in [0.05, 0.1) is 20.4 Å². The van der Waals surface area contributed by atoms with E-state index in [-0.39, 0.29) is 17.1 Å². The van der Waals surface area contributed by atoms with Crippen molar-refractivity contribution in [3.8, 4) is 0 Å². The van der Waals surface area contributed by atoms with E-state index in [0.717, 1.165) is 6.07 Å². The van der Waals surface area contributed by atoms with Gasteiger partial charge in [0.1, 0.15) is 5.69 Å². The lowest BCUT2D eigenvalue weighted by Gasteiger charge is -2.14. The van der Waals surface area contributed by atoms with Crippen LogP contribution in [0.5, 0.6) is 0 Å². The second kappa shape index (κ2) is 6.55. The van der Waals surface area contributed by atoms with Crippen molar-refractivity contribution in [3.63, 3.8) is 0 Å². The first-order valence-corrected chi connectivity index (χ1v) is 6.95. The predicted octanol–water partition coefficient (Wildman–Crippen LogP) is 5.23. The summed E-state index contributed by atoms with van der Waals surface area (Å²) in [5, 5.41) is 23.9. The summed E-state index contributed by atoms with van der Waals surface area (Å²) in [4.78, 5) is 20.2. The third-order valence-electron chi connectivity index (χ3n) is 3.27. The number of hydrogen-bond donors (Lipinski definition) is 1. The molecule has 0 radical (unpaired) electrons. The minimum absolute atomic E-state index is 0.198. The molecule has 0 aliphatic carbocycles. The van der Waals surface area contributed by atoms with Crippen molar-refractivity contribution in [2.75, 3.05) is 5.32 Å². The second-order valence-electron chi connectivity index (χ2n) is 4.99. The lowest BCUT2D eigenvalue weighted by Crippen LogP contribution is -2.08. The van der Waals surface area contributed by atoms with E-state index >= 15 is 0 Å². The molecule has 0 fully saturated rings. The number of non-ortho nitro benzene ring substituents is 1. The molecule has 11 heteroatoms. The van der Waals surface area contributed by atoms with Crippen LogP contribution >= 0.6 is 11.6 Å². The average Bonchev–Trinajstić information content (AvgIpc) is 2.49. The largest absolute Gasteiger partial charge is 0.416 e.